The first-order valence-corrected chi connectivity index (χ1v) is 8.31. The Balaban J connectivity index is 2.14. The minimum absolute atomic E-state index is 0.132. The third-order valence-corrected chi connectivity index (χ3v) is 5.70. The highest BCUT2D eigenvalue weighted by atomic mass is 32.2. The fourth-order valence-corrected chi connectivity index (χ4v) is 4.37. The maximum absolute atomic E-state index is 12.9. The van der Waals surface area contributed by atoms with E-state index in [1.165, 1.54) is 21.3 Å². The van der Waals surface area contributed by atoms with Crippen LogP contribution in [0.25, 0.3) is 0 Å². The maximum Gasteiger partial charge on any atom is 0.281 e. The van der Waals surface area contributed by atoms with Crippen molar-refractivity contribution in [1.82, 2.24) is 9.78 Å². The van der Waals surface area contributed by atoms with E-state index in [9.17, 15) is 8.42 Å². The Hall–Kier alpha value is -1.86. The molecule has 0 saturated carbocycles. The van der Waals surface area contributed by atoms with E-state index >= 15 is 0 Å². The van der Waals surface area contributed by atoms with Gasteiger partial charge >= 0.3 is 0 Å². The predicted molar refractivity (Wildman–Crippen MR) is 80.3 cm³/mol. The molecule has 0 spiro atoms. The van der Waals surface area contributed by atoms with Gasteiger partial charge < -0.3 is 5.73 Å². The predicted octanol–water partition coefficient (Wildman–Crippen LogP) is 1.41. The second-order valence-electron chi connectivity index (χ2n) is 5.18. The summed E-state index contributed by atoms with van der Waals surface area (Å²) in [4.78, 5) is 0. The summed E-state index contributed by atoms with van der Waals surface area (Å²) in [6, 6.07) is 8.82. The number of sulfonamides is 1. The first-order chi connectivity index (χ1) is 10.0. The van der Waals surface area contributed by atoms with E-state index in [1.54, 1.807) is 7.05 Å². The number of para-hydroxylation sites is 1. The molecule has 7 heteroatoms. The molecule has 1 aromatic carbocycles. The molecule has 2 aromatic rings. The van der Waals surface area contributed by atoms with Crippen LogP contribution in [0.5, 0.6) is 0 Å². The number of aromatic nitrogens is 2. The van der Waals surface area contributed by atoms with Crippen LogP contribution in [0.1, 0.15) is 24.4 Å². The summed E-state index contributed by atoms with van der Waals surface area (Å²) < 4.78 is 28.7. The summed E-state index contributed by atoms with van der Waals surface area (Å²) in [5, 5.41) is 4.15. The lowest BCUT2D eigenvalue weighted by molar-refractivity contribution is 0.569. The number of fused-ring (bicyclic) bond motifs is 1. The van der Waals surface area contributed by atoms with E-state index in [0.29, 0.717) is 12.2 Å². The van der Waals surface area contributed by atoms with Crippen molar-refractivity contribution < 1.29 is 8.42 Å². The van der Waals surface area contributed by atoms with E-state index in [-0.39, 0.29) is 11.1 Å². The fourth-order valence-electron chi connectivity index (χ4n) is 2.74. The Morgan fingerprint density at radius 3 is 2.76 bits per heavy atom. The molecule has 21 heavy (non-hydrogen) atoms. The van der Waals surface area contributed by atoms with Crippen molar-refractivity contribution in [3.8, 4) is 0 Å². The molecule has 2 N–H and O–H groups in total. The summed E-state index contributed by atoms with van der Waals surface area (Å²) >= 11 is 0. The molecule has 6 nitrogen and oxygen atoms in total. The van der Waals surface area contributed by atoms with Gasteiger partial charge in [-0.25, -0.2) is 0 Å². The minimum Gasteiger partial charge on any atom is -0.324 e. The fraction of sp³-hybridized carbons (Fsp3) is 0.357. The van der Waals surface area contributed by atoms with Crippen LogP contribution in [0.4, 0.5) is 5.69 Å². The molecule has 0 radical (unpaired) electrons. The summed E-state index contributed by atoms with van der Waals surface area (Å²) in [5.74, 6) is 0. The van der Waals surface area contributed by atoms with Crippen molar-refractivity contribution in [3.05, 3.63) is 42.1 Å². The van der Waals surface area contributed by atoms with Gasteiger partial charge in [0.25, 0.3) is 10.0 Å². The van der Waals surface area contributed by atoms with E-state index in [1.807, 2.05) is 24.3 Å². The summed E-state index contributed by atoms with van der Waals surface area (Å²) in [6.07, 6.45) is 2.99. The average Bonchev–Trinajstić information content (AvgIpc) is 2.82. The Labute approximate surface area is 124 Å². The zero-order chi connectivity index (χ0) is 15.0. The number of hydrogen-bond donors (Lipinski definition) is 1. The second-order valence-corrected chi connectivity index (χ2v) is 6.99. The van der Waals surface area contributed by atoms with E-state index in [0.717, 1.165) is 18.4 Å². The monoisotopic (exact) mass is 306 g/mol. The molecule has 0 aliphatic carbocycles. The quantitative estimate of drug-likeness (QED) is 0.909. The number of anilines is 1. The van der Waals surface area contributed by atoms with E-state index in [4.69, 9.17) is 5.73 Å². The van der Waals surface area contributed by atoms with Crippen LogP contribution in [0.15, 0.2) is 41.6 Å². The normalized spacial score (nSPS) is 19.1. The van der Waals surface area contributed by atoms with Crippen LogP contribution in [0.3, 0.4) is 0 Å². The molecule has 0 bridgehead atoms. The molecule has 3 rings (SSSR count). The summed E-state index contributed by atoms with van der Waals surface area (Å²) in [6.45, 7) is 0.429. The van der Waals surface area contributed by atoms with Gasteiger partial charge in [-0.2, -0.15) is 13.5 Å². The molecule has 1 aromatic heterocycles. The molecule has 0 saturated heterocycles. The zero-order valence-corrected chi connectivity index (χ0v) is 12.6. The molecule has 1 aliphatic rings. The summed E-state index contributed by atoms with van der Waals surface area (Å²) in [5.41, 5.74) is 7.71. The van der Waals surface area contributed by atoms with Crippen molar-refractivity contribution >= 4 is 15.7 Å². The number of rotatable bonds is 2. The molecule has 1 aliphatic heterocycles. The third-order valence-electron chi connectivity index (χ3n) is 3.81. The lowest BCUT2D eigenvalue weighted by atomic mass is 10.0. The lowest BCUT2D eigenvalue weighted by Crippen LogP contribution is -2.33. The van der Waals surface area contributed by atoms with Gasteiger partial charge in [0.15, 0.2) is 5.03 Å². The smallest absolute Gasteiger partial charge is 0.281 e. The number of hydrogen-bond acceptors (Lipinski definition) is 4. The van der Waals surface area contributed by atoms with Crippen molar-refractivity contribution in [2.75, 3.05) is 10.8 Å². The van der Waals surface area contributed by atoms with Gasteiger partial charge in [-0.05, 0) is 30.5 Å². The summed E-state index contributed by atoms with van der Waals surface area (Å²) in [7, 11) is -2.00. The molecule has 1 unspecified atom stereocenters. The molecular weight excluding hydrogens is 288 g/mol. The van der Waals surface area contributed by atoms with Crippen LogP contribution in [-0.2, 0) is 17.1 Å². The standard InChI is InChI=1S/C14H18N4O2S/c1-17-14(8-9-16-17)21(19,20)18-10-4-6-12(15)11-5-2-3-7-13(11)18/h2-3,5,7-9,12H,4,6,10,15H2,1H3. The van der Waals surface area contributed by atoms with Gasteiger partial charge in [-0.15, -0.1) is 0 Å². The van der Waals surface area contributed by atoms with Gasteiger partial charge in [0, 0.05) is 19.6 Å². The maximum atomic E-state index is 12.9. The first kappa shape index (κ1) is 14.1. The van der Waals surface area contributed by atoms with Gasteiger partial charge in [0.05, 0.1) is 11.9 Å². The van der Waals surface area contributed by atoms with Crippen LogP contribution >= 0.6 is 0 Å². The van der Waals surface area contributed by atoms with Crippen LogP contribution in [0.2, 0.25) is 0 Å². The number of benzene rings is 1. The van der Waals surface area contributed by atoms with E-state index in [2.05, 4.69) is 5.10 Å². The van der Waals surface area contributed by atoms with Crippen LogP contribution < -0.4 is 10.0 Å². The van der Waals surface area contributed by atoms with E-state index < -0.39 is 10.0 Å². The zero-order valence-electron chi connectivity index (χ0n) is 11.8. The van der Waals surface area contributed by atoms with Gasteiger partial charge in [-0.3, -0.25) is 8.99 Å². The molecule has 112 valence electrons. The number of nitrogens with two attached hydrogens (primary N) is 1. The Morgan fingerprint density at radius 1 is 1.29 bits per heavy atom. The third kappa shape index (κ3) is 2.32. The Kier molecular flexibility index (Phi) is 3.46. The molecule has 0 fully saturated rings. The average molecular weight is 306 g/mol. The van der Waals surface area contributed by atoms with Crippen molar-refractivity contribution in [2.45, 2.75) is 23.9 Å². The van der Waals surface area contributed by atoms with Crippen LogP contribution in [-0.4, -0.2) is 24.7 Å². The minimum atomic E-state index is -3.63. The first-order valence-electron chi connectivity index (χ1n) is 6.87. The van der Waals surface area contributed by atoms with Gasteiger partial charge in [-0.1, -0.05) is 18.2 Å². The SMILES string of the molecule is Cn1nccc1S(=O)(=O)N1CCCC(N)c2ccccc21. The molecular formula is C14H18N4O2S. The Bertz CT molecular complexity index is 754. The van der Waals surface area contributed by atoms with Gasteiger partial charge in [0.2, 0.25) is 0 Å². The van der Waals surface area contributed by atoms with Gasteiger partial charge in [0.1, 0.15) is 0 Å². The van der Waals surface area contributed by atoms with Crippen molar-refractivity contribution in [2.24, 2.45) is 12.8 Å². The number of nitrogens with zero attached hydrogens (tertiary/aromatic N) is 3. The van der Waals surface area contributed by atoms with Crippen molar-refractivity contribution in [3.63, 3.8) is 0 Å². The van der Waals surface area contributed by atoms with Crippen LogP contribution in [0, 0.1) is 0 Å². The highest BCUT2D eigenvalue weighted by molar-refractivity contribution is 7.92. The topological polar surface area (TPSA) is 81.2 Å². The van der Waals surface area contributed by atoms with Crippen molar-refractivity contribution in [1.29, 1.82) is 0 Å². The second kappa shape index (κ2) is 5.16. The largest absolute Gasteiger partial charge is 0.324 e. The molecule has 2 heterocycles. The number of aryl methyl sites for hydroxylation is 1. The molecule has 0 amide bonds. The lowest BCUT2D eigenvalue weighted by Gasteiger charge is -2.24. The Morgan fingerprint density at radius 2 is 2.05 bits per heavy atom. The highest BCUT2D eigenvalue weighted by Gasteiger charge is 2.31. The highest BCUT2D eigenvalue weighted by Crippen LogP contribution is 2.34. The molecule has 1 atom stereocenters.